The molecule has 3 aromatic carbocycles. The number of nitrogens with zero attached hydrogens (tertiary/aromatic N) is 1. The lowest BCUT2D eigenvalue weighted by molar-refractivity contribution is -0.123. The Morgan fingerprint density at radius 2 is 1.75 bits per heavy atom. The maximum absolute atomic E-state index is 14.1. The third-order valence-electron chi connectivity index (χ3n) is 10.2. The van der Waals surface area contributed by atoms with E-state index in [9.17, 15) is 19.2 Å². The molecule has 246 valence electrons. The van der Waals surface area contributed by atoms with Crippen LogP contribution in [0.2, 0.25) is 5.02 Å². The summed E-state index contributed by atoms with van der Waals surface area (Å²) in [6.45, 7) is 2.31. The van der Waals surface area contributed by atoms with Crippen molar-refractivity contribution in [2.75, 3.05) is 18.6 Å². The maximum Gasteiger partial charge on any atom is 0.338 e. The molecule has 4 aromatic rings. The van der Waals surface area contributed by atoms with Crippen molar-refractivity contribution in [1.82, 2.24) is 4.98 Å². The number of hydrogen-bond acceptors (Lipinski definition) is 9. The molecule has 1 saturated heterocycles. The smallest absolute Gasteiger partial charge is 0.338 e. The SMILES string of the molecule is CCOC(=O)c1ccc(N2C(=O)C3C4CC(C3C2=O)C2C4Sc3[nH]c(=O)sc3[C@@H]2c2ccc(OCc3cccc(Cl)c3)c(OC)c2)cc1. The number of thiazole rings is 1. The fourth-order valence-corrected chi connectivity index (χ4v) is 11.5. The first-order valence-corrected chi connectivity index (χ1v) is 17.9. The summed E-state index contributed by atoms with van der Waals surface area (Å²) in [5.41, 5.74) is 2.72. The number of imide groups is 1. The van der Waals surface area contributed by atoms with Crippen LogP contribution in [-0.4, -0.2) is 41.7 Å². The zero-order chi connectivity index (χ0) is 33.3. The van der Waals surface area contributed by atoms with E-state index >= 15 is 0 Å². The van der Waals surface area contributed by atoms with Crippen LogP contribution in [0.1, 0.15) is 45.6 Å². The fourth-order valence-electron chi connectivity index (χ4n) is 8.39. The molecule has 0 spiro atoms. The molecule has 2 saturated carbocycles. The second kappa shape index (κ2) is 12.1. The van der Waals surface area contributed by atoms with Crippen molar-refractivity contribution < 1.29 is 28.6 Å². The van der Waals surface area contributed by atoms with Crippen molar-refractivity contribution >= 4 is 58.2 Å². The van der Waals surface area contributed by atoms with E-state index in [0.717, 1.165) is 27.5 Å². The first-order valence-electron chi connectivity index (χ1n) is 15.9. The fraction of sp³-hybridized carbons (Fsp3) is 0.333. The number of ether oxygens (including phenoxy) is 3. The van der Waals surface area contributed by atoms with Crippen molar-refractivity contribution in [3.8, 4) is 11.5 Å². The number of amides is 2. The summed E-state index contributed by atoms with van der Waals surface area (Å²) < 4.78 is 17.0. The van der Waals surface area contributed by atoms with Crippen LogP contribution in [0.25, 0.3) is 0 Å². The predicted octanol–water partition coefficient (Wildman–Crippen LogP) is 6.53. The number of thioether (sulfide) groups is 1. The van der Waals surface area contributed by atoms with Crippen molar-refractivity contribution in [3.05, 3.63) is 103 Å². The number of benzene rings is 3. The van der Waals surface area contributed by atoms with Crippen LogP contribution in [0.5, 0.6) is 11.5 Å². The molecule has 9 nitrogen and oxygen atoms in total. The Labute approximate surface area is 289 Å². The molecule has 2 bridgehead atoms. The number of rotatable bonds is 8. The number of aromatic nitrogens is 1. The van der Waals surface area contributed by atoms with E-state index in [0.29, 0.717) is 34.4 Å². The van der Waals surface area contributed by atoms with Crippen LogP contribution < -0.4 is 19.2 Å². The summed E-state index contributed by atoms with van der Waals surface area (Å²) in [5, 5.41) is 1.52. The standard InChI is InChI=1S/C36H31ClN2O7S2/c1-3-45-35(42)18-7-10-21(11-8-18)39-33(40)28-22-15-23(29(28)34(39)41)30-27(22)26(31-32(47-30)38-36(43)48-31)19-9-12-24(25(14-19)44-2)46-16-17-5-4-6-20(37)13-17/h4-14,22-23,26-30H,3,15-16H2,1-2H3,(H,38,43)/t22?,23?,26-,27?,28?,29?,30?/m1/s1. The molecule has 2 aliphatic heterocycles. The zero-order valence-electron chi connectivity index (χ0n) is 26.0. The van der Waals surface area contributed by atoms with Crippen molar-refractivity contribution in [3.63, 3.8) is 0 Å². The number of hydrogen-bond donors (Lipinski definition) is 1. The van der Waals surface area contributed by atoms with Gasteiger partial charge in [-0.25, -0.2) is 4.79 Å². The number of nitrogens with one attached hydrogen (secondary N) is 1. The number of carbonyl (C=O) groups is 3. The highest BCUT2D eigenvalue weighted by Crippen LogP contribution is 2.68. The molecule has 1 N–H and O–H groups in total. The summed E-state index contributed by atoms with van der Waals surface area (Å²) in [4.78, 5) is 58.2. The normalized spacial score (nSPS) is 26.6. The Bertz CT molecular complexity index is 2010. The van der Waals surface area contributed by atoms with Crippen molar-refractivity contribution in [2.45, 2.75) is 36.1 Å². The van der Waals surface area contributed by atoms with Crippen molar-refractivity contribution in [2.24, 2.45) is 29.6 Å². The molecule has 7 atom stereocenters. The van der Waals surface area contributed by atoms with E-state index in [2.05, 4.69) is 4.98 Å². The topological polar surface area (TPSA) is 115 Å². The van der Waals surface area contributed by atoms with Crippen molar-refractivity contribution in [1.29, 1.82) is 0 Å². The Morgan fingerprint density at radius 3 is 2.48 bits per heavy atom. The average Bonchev–Trinajstić information content (AvgIpc) is 3.82. The molecule has 8 rings (SSSR count). The van der Waals surface area contributed by atoms with Gasteiger partial charge in [-0.1, -0.05) is 41.1 Å². The molecule has 48 heavy (non-hydrogen) atoms. The summed E-state index contributed by atoms with van der Waals surface area (Å²) in [5.74, 6) is -0.750. The number of anilines is 1. The summed E-state index contributed by atoms with van der Waals surface area (Å²) >= 11 is 9.01. The molecule has 6 unspecified atom stereocenters. The number of esters is 1. The molecule has 2 aliphatic carbocycles. The lowest BCUT2D eigenvalue weighted by atomic mass is 9.68. The molecule has 3 heterocycles. The second-order valence-electron chi connectivity index (χ2n) is 12.6. The first-order chi connectivity index (χ1) is 23.3. The number of halogens is 1. The Hall–Kier alpha value is -4.06. The van der Waals surface area contributed by atoms with Gasteiger partial charge in [0.25, 0.3) is 0 Å². The molecular weight excluding hydrogens is 672 g/mol. The van der Waals surface area contributed by atoms with E-state index in [-0.39, 0.29) is 52.2 Å². The van der Waals surface area contributed by atoms with Crippen LogP contribution in [0, 0.1) is 29.6 Å². The number of aromatic amines is 1. The van der Waals surface area contributed by atoms with E-state index in [1.54, 1.807) is 50.1 Å². The molecule has 3 fully saturated rings. The Morgan fingerprint density at radius 1 is 0.979 bits per heavy atom. The van der Waals surface area contributed by atoms with Gasteiger partial charge in [0.05, 0.1) is 41.8 Å². The number of methoxy groups -OCH3 is 1. The minimum absolute atomic E-state index is 0.0171. The van der Waals surface area contributed by atoms with Crippen LogP contribution in [0.4, 0.5) is 5.69 Å². The highest BCUT2D eigenvalue weighted by Gasteiger charge is 2.69. The van der Waals surface area contributed by atoms with Crippen LogP contribution in [0.3, 0.4) is 0 Å². The lowest BCUT2D eigenvalue weighted by Crippen LogP contribution is -2.42. The monoisotopic (exact) mass is 702 g/mol. The van der Waals surface area contributed by atoms with Crippen LogP contribution in [0.15, 0.2) is 76.6 Å². The average molecular weight is 703 g/mol. The third kappa shape index (κ3) is 4.97. The second-order valence-corrected chi connectivity index (χ2v) is 15.2. The summed E-state index contributed by atoms with van der Waals surface area (Å²) in [6.07, 6.45) is 0.776. The van der Waals surface area contributed by atoms with Gasteiger partial charge >= 0.3 is 10.8 Å². The van der Waals surface area contributed by atoms with E-state index < -0.39 is 17.8 Å². The lowest BCUT2D eigenvalue weighted by Gasteiger charge is -2.43. The number of fused-ring (bicyclic) bond motifs is 9. The molecule has 0 radical (unpaired) electrons. The van der Waals surface area contributed by atoms with E-state index in [1.165, 1.54) is 16.2 Å². The molecule has 2 amide bonds. The van der Waals surface area contributed by atoms with Gasteiger partial charge in [0.15, 0.2) is 11.5 Å². The highest BCUT2D eigenvalue weighted by molar-refractivity contribution is 8.00. The number of carbonyl (C=O) groups excluding carboxylic acids is 3. The van der Waals surface area contributed by atoms with Gasteiger partial charge in [0.1, 0.15) is 6.61 Å². The summed E-state index contributed by atoms with van der Waals surface area (Å²) in [6, 6.07) is 19.8. The van der Waals surface area contributed by atoms with Crippen LogP contribution in [-0.2, 0) is 20.9 Å². The van der Waals surface area contributed by atoms with Gasteiger partial charge in [0, 0.05) is 21.1 Å². The quantitative estimate of drug-likeness (QED) is 0.163. The molecule has 4 aliphatic rings. The van der Waals surface area contributed by atoms with Gasteiger partial charge in [0.2, 0.25) is 11.8 Å². The summed E-state index contributed by atoms with van der Waals surface area (Å²) in [7, 11) is 1.60. The maximum atomic E-state index is 14.1. The van der Waals surface area contributed by atoms with E-state index in [4.69, 9.17) is 25.8 Å². The van der Waals surface area contributed by atoms with Gasteiger partial charge in [-0.3, -0.25) is 19.3 Å². The van der Waals surface area contributed by atoms with Gasteiger partial charge in [-0.15, -0.1) is 11.8 Å². The first kappa shape index (κ1) is 31.2. The zero-order valence-corrected chi connectivity index (χ0v) is 28.4. The molecule has 1 aromatic heterocycles. The Balaban J connectivity index is 1.11. The Kier molecular flexibility index (Phi) is 7.88. The highest BCUT2D eigenvalue weighted by atomic mass is 35.5. The minimum Gasteiger partial charge on any atom is -0.493 e. The van der Waals surface area contributed by atoms with E-state index in [1.807, 2.05) is 42.5 Å². The minimum atomic E-state index is -0.451. The van der Waals surface area contributed by atoms with Gasteiger partial charge < -0.3 is 19.2 Å². The third-order valence-corrected chi connectivity index (χ3v) is 13.0. The molecule has 12 heteroatoms. The van der Waals surface area contributed by atoms with Gasteiger partial charge in [-0.2, -0.15) is 0 Å². The predicted molar refractivity (Wildman–Crippen MR) is 182 cm³/mol. The van der Waals surface area contributed by atoms with Crippen LogP contribution >= 0.6 is 34.7 Å². The number of H-pyrrole nitrogens is 1. The largest absolute Gasteiger partial charge is 0.493 e. The molecular formula is C36H31ClN2O7S2. The van der Waals surface area contributed by atoms with Gasteiger partial charge in [-0.05, 0) is 90.8 Å².